The first kappa shape index (κ1) is 54.2. The summed E-state index contributed by atoms with van der Waals surface area (Å²) >= 11 is 0. The maximum Gasteiger partial charge on any atom is 0.192 e. The van der Waals surface area contributed by atoms with Crippen molar-refractivity contribution in [3.63, 3.8) is 0 Å². The average Bonchev–Trinajstić information content (AvgIpc) is 3.79. The Morgan fingerprint density at radius 1 is 0.803 bits per heavy atom. The molecule has 5 heterocycles. The third-order valence-corrected chi connectivity index (χ3v) is 21.5. The molecule has 8 rings (SSSR count). The normalized spacial score (nSPS) is 35.8. The molecule has 5 fully saturated rings. The van der Waals surface area contributed by atoms with E-state index in [0.717, 1.165) is 35.1 Å². The summed E-state index contributed by atoms with van der Waals surface area (Å²) in [7, 11) is -2.30. The minimum Gasteiger partial charge on any atom is -0.411 e. The summed E-state index contributed by atoms with van der Waals surface area (Å²) in [6, 6.07) is 30.9. The number of fused-ring (bicyclic) bond motifs is 2. The van der Waals surface area contributed by atoms with Gasteiger partial charge in [-0.05, 0) is 73.9 Å². The fourth-order valence-corrected chi connectivity index (χ4v) is 13.0. The number of benzene rings is 3. The highest BCUT2D eigenvalue weighted by atomic mass is 28.4. The standard InChI is InChI=1S/C60H86O10Si/c1-13-47-48(35-51-54(66-47)42(5)56(70-71(11,12)58(7,8)9)57-55(67-51)41(4)43(6)60(69-57)31-23-32-64-60)65-49-36-53(63-39-46-28-21-16-22-29-46)59(10,68-50(49)34-40(2)3)52(62-38-45-26-19-15-20-27-45)30-33-61-37-44-24-17-14-18-25-44/h13-22,24-29,41-43,47-57H,1-2,23,30-39H2,3-12H3/t41-,42+,43-,47-,48+,49-,50+,51-,52+,53+,54+,55+,56-,57+,59-,60+/m0/s1. The summed E-state index contributed by atoms with van der Waals surface area (Å²) in [4.78, 5) is 0. The minimum absolute atomic E-state index is 0.00870. The lowest BCUT2D eigenvalue weighted by atomic mass is 9.76. The van der Waals surface area contributed by atoms with Gasteiger partial charge in [0.05, 0.1) is 81.4 Å². The molecule has 0 aromatic heterocycles. The van der Waals surface area contributed by atoms with Crippen molar-refractivity contribution >= 4 is 8.32 Å². The largest absolute Gasteiger partial charge is 0.411 e. The van der Waals surface area contributed by atoms with Gasteiger partial charge in [0.1, 0.15) is 17.8 Å². The zero-order chi connectivity index (χ0) is 50.6. The third-order valence-electron chi connectivity index (χ3n) is 17.0. The van der Waals surface area contributed by atoms with Crippen LogP contribution in [0.4, 0.5) is 0 Å². The van der Waals surface area contributed by atoms with E-state index >= 15 is 0 Å². The first-order valence-electron chi connectivity index (χ1n) is 26.7. The predicted molar refractivity (Wildman–Crippen MR) is 281 cm³/mol. The van der Waals surface area contributed by atoms with Crippen molar-refractivity contribution in [2.45, 2.75) is 210 Å². The maximum atomic E-state index is 7.52. The SMILES string of the molecule is C=C[C@@H]1O[C@@H]2[C@@H](C)[C@H](O[Si](C)(C)C(C)(C)C)[C@@H]3O[C@]4(CCCO4)[C@@H](C)[C@H](C)[C@H]3O[C@H]2C[C@H]1O[C@H]1C[C@@H](OCc2ccccc2)[C@](C)([C@@H](CCOCc2ccccc2)OCc2ccccc2)O[C@@H]1CC(=C)C. The van der Waals surface area contributed by atoms with Gasteiger partial charge in [-0.2, -0.15) is 0 Å². The van der Waals surface area contributed by atoms with Crippen LogP contribution in [-0.2, 0) is 66.9 Å². The van der Waals surface area contributed by atoms with Crippen molar-refractivity contribution < 1.29 is 47.1 Å². The van der Waals surface area contributed by atoms with Crippen LogP contribution >= 0.6 is 0 Å². The van der Waals surface area contributed by atoms with E-state index in [9.17, 15) is 0 Å². The summed E-state index contributed by atoms with van der Waals surface area (Å²) in [5.74, 6) is -0.434. The summed E-state index contributed by atoms with van der Waals surface area (Å²) in [6.45, 7) is 33.9. The fourth-order valence-electron chi connectivity index (χ4n) is 11.6. The molecule has 0 radical (unpaired) electrons. The molecule has 0 amide bonds. The van der Waals surface area contributed by atoms with Crippen LogP contribution in [0.2, 0.25) is 18.1 Å². The molecule has 390 valence electrons. The second-order valence-corrected chi connectivity index (χ2v) is 28.0. The van der Waals surface area contributed by atoms with Crippen LogP contribution in [0.25, 0.3) is 0 Å². The Morgan fingerprint density at radius 3 is 2.03 bits per heavy atom. The van der Waals surface area contributed by atoms with Crippen LogP contribution < -0.4 is 0 Å². The highest BCUT2D eigenvalue weighted by molar-refractivity contribution is 6.74. The molecule has 11 heteroatoms. The molecule has 5 saturated heterocycles. The van der Waals surface area contributed by atoms with E-state index < -0.39 is 38.0 Å². The lowest BCUT2D eigenvalue weighted by molar-refractivity contribution is -0.338. The number of ether oxygens (including phenoxy) is 9. The topological polar surface area (TPSA) is 92.3 Å². The van der Waals surface area contributed by atoms with E-state index in [0.29, 0.717) is 58.7 Å². The van der Waals surface area contributed by atoms with Crippen molar-refractivity contribution in [1.29, 1.82) is 0 Å². The number of hydrogen-bond donors (Lipinski definition) is 0. The molecule has 71 heavy (non-hydrogen) atoms. The Labute approximate surface area is 427 Å². The molecule has 3 aromatic rings. The number of hydrogen-bond acceptors (Lipinski definition) is 10. The van der Waals surface area contributed by atoms with E-state index in [1.807, 2.05) is 60.7 Å². The van der Waals surface area contributed by atoms with Crippen LogP contribution in [0.5, 0.6) is 0 Å². The van der Waals surface area contributed by atoms with Crippen molar-refractivity contribution in [1.82, 2.24) is 0 Å². The van der Waals surface area contributed by atoms with Gasteiger partial charge in [-0.1, -0.05) is 144 Å². The van der Waals surface area contributed by atoms with Gasteiger partial charge in [0.25, 0.3) is 0 Å². The Hall–Kier alpha value is -3.04. The highest BCUT2D eigenvalue weighted by Gasteiger charge is 2.62. The molecule has 16 atom stereocenters. The van der Waals surface area contributed by atoms with Crippen molar-refractivity contribution in [2.24, 2.45) is 17.8 Å². The van der Waals surface area contributed by atoms with Gasteiger partial charge in [-0.15, -0.1) is 13.2 Å². The molecular formula is C60H86O10Si. The quantitative estimate of drug-likeness (QED) is 0.0657. The summed E-state index contributed by atoms with van der Waals surface area (Å²) in [6.07, 6.45) is 2.39. The van der Waals surface area contributed by atoms with E-state index in [4.69, 9.17) is 47.1 Å². The number of rotatable bonds is 19. The summed E-state index contributed by atoms with van der Waals surface area (Å²) in [5.41, 5.74) is 3.41. The molecule has 10 nitrogen and oxygen atoms in total. The van der Waals surface area contributed by atoms with Crippen LogP contribution in [0, 0.1) is 17.8 Å². The summed E-state index contributed by atoms with van der Waals surface area (Å²) in [5, 5.41) is -0.00870. The van der Waals surface area contributed by atoms with Crippen molar-refractivity contribution in [3.8, 4) is 0 Å². The van der Waals surface area contributed by atoms with Gasteiger partial charge >= 0.3 is 0 Å². The first-order chi connectivity index (χ1) is 33.9. The minimum atomic E-state index is -2.30. The van der Waals surface area contributed by atoms with E-state index in [1.165, 1.54) is 0 Å². The lowest BCUT2D eigenvalue weighted by Crippen LogP contribution is -2.63. The second-order valence-electron chi connectivity index (χ2n) is 23.2. The van der Waals surface area contributed by atoms with Crippen LogP contribution in [0.1, 0.15) is 111 Å². The van der Waals surface area contributed by atoms with Crippen LogP contribution in [0.15, 0.2) is 116 Å². The molecule has 0 aliphatic carbocycles. The second kappa shape index (κ2) is 23.2. The zero-order valence-electron chi connectivity index (χ0n) is 44.6. The maximum absolute atomic E-state index is 7.52. The monoisotopic (exact) mass is 995 g/mol. The van der Waals surface area contributed by atoms with Gasteiger partial charge in [-0.25, -0.2) is 0 Å². The zero-order valence-corrected chi connectivity index (χ0v) is 45.6. The van der Waals surface area contributed by atoms with Gasteiger partial charge < -0.3 is 47.1 Å². The molecule has 0 saturated carbocycles. The molecular weight excluding hydrogens is 909 g/mol. The molecule has 5 aliphatic heterocycles. The smallest absolute Gasteiger partial charge is 0.192 e. The lowest BCUT2D eigenvalue weighted by Gasteiger charge is -2.53. The average molecular weight is 995 g/mol. The Kier molecular flexibility index (Phi) is 17.7. The third kappa shape index (κ3) is 12.4. The van der Waals surface area contributed by atoms with Gasteiger partial charge in [0.15, 0.2) is 14.1 Å². The van der Waals surface area contributed by atoms with Crippen molar-refractivity contribution in [2.75, 3.05) is 13.2 Å². The fraction of sp³-hybridized carbons (Fsp3) is 0.633. The molecule has 0 unspecified atom stereocenters. The Balaban J connectivity index is 1.08. The highest BCUT2D eigenvalue weighted by Crippen LogP contribution is 2.52. The molecule has 0 N–H and O–H groups in total. The Morgan fingerprint density at radius 2 is 1.44 bits per heavy atom. The van der Waals surface area contributed by atoms with E-state index in [1.54, 1.807) is 0 Å². The molecule has 5 aliphatic rings. The van der Waals surface area contributed by atoms with E-state index in [2.05, 4.69) is 118 Å². The van der Waals surface area contributed by atoms with Gasteiger partial charge in [0, 0.05) is 37.7 Å². The molecule has 1 spiro atoms. The van der Waals surface area contributed by atoms with E-state index in [-0.39, 0.29) is 71.6 Å². The van der Waals surface area contributed by atoms with Crippen molar-refractivity contribution in [3.05, 3.63) is 132 Å². The van der Waals surface area contributed by atoms with Gasteiger partial charge in [0.2, 0.25) is 0 Å². The predicted octanol–water partition coefficient (Wildman–Crippen LogP) is 12.3. The summed E-state index contributed by atoms with van der Waals surface area (Å²) < 4.78 is 71.4. The Bertz CT molecular complexity index is 2140. The van der Waals surface area contributed by atoms with Crippen LogP contribution in [-0.4, -0.2) is 100 Å². The molecule has 0 bridgehead atoms. The van der Waals surface area contributed by atoms with Crippen LogP contribution in [0.3, 0.4) is 0 Å². The molecule has 3 aromatic carbocycles. The first-order valence-corrected chi connectivity index (χ1v) is 29.7. The van der Waals surface area contributed by atoms with Gasteiger partial charge in [-0.3, -0.25) is 0 Å².